The third kappa shape index (κ3) is 3.95. The highest BCUT2D eigenvalue weighted by atomic mass is 32.2. The van der Waals surface area contributed by atoms with E-state index >= 15 is 0 Å². The second-order valence-electron chi connectivity index (χ2n) is 3.74. The number of rotatable bonds is 6. The van der Waals surface area contributed by atoms with Gasteiger partial charge in [0.05, 0.1) is 11.6 Å². The molecule has 1 saturated heterocycles. The quantitative estimate of drug-likeness (QED) is 0.600. The average Bonchev–Trinajstić information content (AvgIpc) is 2.62. The number of hydrogen-bond donors (Lipinski definition) is 2. The van der Waals surface area contributed by atoms with Gasteiger partial charge in [-0.3, -0.25) is 0 Å². The molecule has 1 aliphatic rings. The van der Waals surface area contributed by atoms with E-state index in [2.05, 4.69) is 16.9 Å². The first-order valence-electron chi connectivity index (χ1n) is 4.78. The van der Waals surface area contributed by atoms with Gasteiger partial charge < -0.3 is 15.2 Å². The van der Waals surface area contributed by atoms with E-state index in [0.717, 1.165) is 0 Å². The summed E-state index contributed by atoms with van der Waals surface area (Å²) in [6, 6.07) is 0. The maximum atomic E-state index is 11.5. The van der Waals surface area contributed by atoms with Crippen molar-refractivity contribution in [2.75, 3.05) is 32.6 Å². The second kappa shape index (κ2) is 5.37. The van der Waals surface area contributed by atoms with E-state index in [9.17, 15) is 8.42 Å². The highest BCUT2D eigenvalue weighted by Gasteiger charge is 2.35. The molecule has 0 amide bonds. The average molecular weight is 268 g/mol. The van der Waals surface area contributed by atoms with Crippen molar-refractivity contribution in [2.45, 2.75) is 12.0 Å². The predicted octanol–water partition coefficient (Wildman–Crippen LogP) is -1.00. The molecule has 16 heavy (non-hydrogen) atoms. The molecule has 0 aliphatic carbocycles. The SMILES string of the molecule is COC1(CNS(=O)(=O)CC(N)=S)CCOC1. The molecule has 0 radical (unpaired) electrons. The first-order valence-corrected chi connectivity index (χ1v) is 6.84. The van der Waals surface area contributed by atoms with Crippen molar-refractivity contribution in [3.05, 3.63) is 0 Å². The third-order valence-electron chi connectivity index (χ3n) is 2.45. The van der Waals surface area contributed by atoms with E-state index in [1.54, 1.807) is 0 Å². The van der Waals surface area contributed by atoms with Crippen LogP contribution in [0.25, 0.3) is 0 Å². The van der Waals surface area contributed by atoms with Gasteiger partial charge in [-0.25, -0.2) is 13.1 Å². The lowest BCUT2D eigenvalue weighted by molar-refractivity contribution is -0.0120. The summed E-state index contributed by atoms with van der Waals surface area (Å²) in [4.78, 5) is -0.0540. The number of hydrogen-bond acceptors (Lipinski definition) is 5. The Morgan fingerprint density at radius 1 is 1.69 bits per heavy atom. The topological polar surface area (TPSA) is 90.7 Å². The van der Waals surface area contributed by atoms with Crippen LogP contribution in [-0.2, 0) is 19.5 Å². The molecule has 3 N–H and O–H groups in total. The van der Waals surface area contributed by atoms with Crippen LogP contribution in [0.5, 0.6) is 0 Å². The van der Waals surface area contributed by atoms with Crippen LogP contribution in [0.15, 0.2) is 0 Å². The molecule has 1 fully saturated rings. The summed E-state index contributed by atoms with van der Waals surface area (Å²) in [6.45, 7) is 1.14. The highest BCUT2D eigenvalue weighted by Crippen LogP contribution is 2.21. The summed E-state index contributed by atoms with van der Waals surface area (Å²) in [5.74, 6) is -0.344. The zero-order valence-corrected chi connectivity index (χ0v) is 10.7. The van der Waals surface area contributed by atoms with Gasteiger partial charge in [0.1, 0.15) is 11.4 Å². The van der Waals surface area contributed by atoms with Crippen LogP contribution >= 0.6 is 12.2 Å². The van der Waals surface area contributed by atoms with Gasteiger partial charge in [0.25, 0.3) is 0 Å². The van der Waals surface area contributed by atoms with Crippen LogP contribution in [-0.4, -0.2) is 51.6 Å². The minimum Gasteiger partial charge on any atom is -0.392 e. The lowest BCUT2D eigenvalue weighted by Crippen LogP contribution is -2.46. The zero-order valence-electron chi connectivity index (χ0n) is 9.06. The first kappa shape index (κ1) is 13.8. The molecule has 0 saturated carbocycles. The fourth-order valence-corrected chi connectivity index (χ4v) is 2.87. The number of nitrogens with two attached hydrogens (primary N) is 1. The molecule has 0 aromatic heterocycles. The van der Waals surface area contributed by atoms with E-state index in [0.29, 0.717) is 19.6 Å². The van der Waals surface area contributed by atoms with Gasteiger partial charge in [0.15, 0.2) is 0 Å². The number of nitrogens with one attached hydrogen (secondary N) is 1. The molecule has 0 aromatic rings. The fraction of sp³-hybridized carbons (Fsp3) is 0.875. The predicted molar refractivity (Wildman–Crippen MR) is 63.8 cm³/mol. The Balaban J connectivity index is 2.52. The number of thiocarbonyl (C=S) groups is 1. The van der Waals surface area contributed by atoms with Gasteiger partial charge in [-0.05, 0) is 0 Å². The van der Waals surface area contributed by atoms with Crippen LogP contribution in [0.4, 0.5) is 0 Å². The molecule has 0 aromatic carbocycles. The van der Waals surface area contributed by atoms with Crippen molar-refractivity contribution in [2.24, 2.45) is 5.73 Å². The summed E-state index contributed by atoms with van der Waals surface area (Å²) >= 11 is 4.55. The molecule has 0 bridgehead atoms. The molecule has 1 atom stereocenters. The minimum atomic E-state index is -3.47. The van der Waals surface area contributed by atoms with Crippen molar-refractivity contribution in [1.29, 1.82) is 0 Å². The Morgan fingerprint density at radius 2 is 2.38 bits per heavy atom. The Morgan fingerprint density at radius 3 is 2.81 bits per heavy atom. The lowest BCUT2D eigenvalue weighted by Gasteiger charge is -2.25. The van der Waals surface area contributed by atoms with E-state index in [1.165, 1.54) is 7.11 Å². The normalized spacial score (nSPS) is 25.8. The monoisotopic (exact) mass is 268 g/mol. The van der Waals surface area contributed by atoms with Crippen molar-refractivity contribution in [3.8, 4) is 0 Å². The Kier molecular flexibility index (Phi) is 4.62. The lowest BCUT2D eigenvalue weighted by atomic mass is 10.0. The molecule has 1 unspecified atom stereocenters. The largest absolute Gasteiger partial charge is 0.392 e. The van der Waals surface area contributed by atoms with Gasteiger partial charge in [-0.1, -0.05) is 12.2 Å². The summed E-state index contributed by atoms with van der Waals surface area (Å²) in [5, 5.41) is 0. The zero-order chi connectivity index (χ0) is 12.2. The van der Waals surface area contributed by atoms with Crippen LogP contribution in [0.2, 0.25) is 0 Å². The van der Waals surface area contributed by atoms with E-state index in [-0.39, 0.29) is 17.3 Å². The highest BCUT2D eigenvalue weighted by molar-refractivity contribution is 7.92. The van der Waals surface area contributed by atoms with E-state index in [4.69, 9.17) is 15.2 Å². The van der Waals surface area contributed by atoms with Crippen LogP contribution < -0.4 is 10.5 Å². The van der Waals surface area contributed by atoms with E-state index in [1.807, 2.05) is 0 Å². The van der Waals surface area contributed by atoms with Crippen LogP contribution in [0.3, 0.4) is 0 Å². The maximum absolute atomic E-state index is 11.5. The fourth-order valence-electron chi connectivity index (χ4n) is 1.44. The van der Waals surface area contributed by atoms with Crippen molar-refractivity contribution in [1.82, 2.24) is 4.72 Å². The second-order valence-corrected chi connectivity index (χ2v) is 6.07. The maximum Gasteiger partial charge on any atom is 0.218 e. The summed E-state index contributed by atoms with van der Waals surface area (Å²) in [6.07, 6.45) is 0.666. The molecule has 1 heterocycles. The number of methoxy groups -OCH3 is 1. The molecule has 94 valence electrons. The molecule has 1 aliphatic heterocycles. The Hall–Kier alpha value is -0.280. The van der Waals surface area contributed by atoms with Gasteiger partial charge >= 0.3 is 0 Å². The number of sulfonamides is 1. The van der Waals surface area contributed by atoms with Gasteiger partial charge in [-0.15, -0.1) is 0 Å². The smallest absolute Gasteiger partial charge is 0.218 e. The van der Waals surface area contributed by atoms with Gasteiger partial charge in [-0.2, -0.15) is 0 Å². The Labute approximate surface area is 101 Å². The van der Waals surface area contributed by atoms with Gasteiger partial charge in [0, 0.05) is 26.7 Å². The van der Waals surface area contributed by atoms with Crippen LogP contribution in [0, 0.1) is 0 Å². The molecule has 0 spiro atoms. The standard InChI is InChI=1S/C8H16N2O4S2/c1-13-8(2-3-14-6-8)5-10-16(11,12)4-7(9)15/h10H,2-6H2,1H3,(H2,9,15). The summed E-state index contributed by atoms with van der Waals surface area (Å²) < 4.78 is 35.9. The summed E-state index contributed by atoms with van der Waals surface area (Å²) in [7, 11) is -1.93. The molecular weight excluding hydrogens is 252 g/mol. The van der Waals surface area contributed by atoms with Crippen molar-refractivity contribution >= 4 is 27.2 Å². The molecule has 6 nitrogen and oxygen atoms in total. The number of ether oxygens (including phenoxy) is 2. The Bertz CT molecular complexity index is 349. The van der Waals surface area contributed by atoms with Crippen molar-refractivity contribution in [3.63, 3.8) is 0 Å². The first-order chi connectivity index (χ1) is 7.39. The van der Waals surface area contributed by atoms with E-state index < -0.39 is 15.6 Å². The third-order valence-corrected chi connectivity index (χ3v) is 4.05. The van der Waals surface area contributed by atoms with Gasteiger partial charge in [0.2, 0.25) is 10.0 Å². The molecule has 8 heteroatoms. The van der Waals surface area contributed by atoms with Crippen LogP contribution in [0.1, 0.15) is 6.42 Å². The molecule has 1 rings (SSSR count). The minimum absolute atomic E-state index is 0.0540. The summed E-state index contributed by atoms with van der Waals surface area (Å²) in [5.41, 5.74) is 4.62. The van der Waals surface area contributed by atoms with Crippen molar-refractivity contribution < 1.29 is 17.9 Å². The molecular formula is C8H16N2O4S2.